The second-order valence-electron chi connectivity index (χ2n) is 6.32. The molecule has 112 valence electrons. The molecule has 0 radical (unpaired) electrons. The SMILES string of the molecule is CC(C)CN1CCCn2cccc2C1c1ccc(F)cc1. The van der Waals surface area contributed by atoms with Crippen LogP contribution in [0.15, 0.2) is 42.6 Å². The Labute approximate surface area is 126 Å². The number of aryl methyl sites for hydroxylation is 1. The molecule has 0 fully saturated rings. The second-order valence-corrected chi connectivity index (χ2v) is 6.32. The van der Waals surface area contributed by atoms with Crippen LogP contribution in [0.5, 0.6) is 0 Å². The first-order valence-corrected chi connectivity index (χ1v) is 7.79. The highest BCUT2D eigenvalue weighted by Crippen LogP contribution is 2.32. The fourth-order valence-electron chi connectivity index (χ4n) is 3.33. The molecule has 0 spiro atoms. The summed E-state index contributed by atoms with van der Waals surface area (Å²) < 4.78 is 15.6. The van der Waals surface area contributed by atoms with Crippen molar-refractivity contribution in [3.63, 3.8) is 0 Å². The molecule has 2 nitrogen and oxygen atoms in total. The van der Waals surface area contributed by atoms with Crippen LogP contribution >= 0.6 is 0 Å². The van der Waals surface area contributed by atoms with Gasteiger partial charge in [0.15, 0.2) is 0 Å². The Morgan fingerprint density at radius 3 is 2.62 bits per heavy atom. The summed E-state index contributed by atoms with van der Waals surface area (Å²) in [6.07, 6.45) is 3.32. The van der Waals surface area contributed by atoms with Crippen LogP contribution in [0.2, 0.25) is 0 Å². The summed E-state index contributed by atoms with van der Waals surface area (Å²) in [5, 5.41) is 0. The first-order chi connectivity index (χ1) is 10.1. The molecule has 2 heterocycles. The molecule has 1 aromatic carbocycles. The standard InChI is InChI=1S/C18H23FN2/c1-14(2)13-21-12-4-11-20-10-3-5-17(20)18(21)15-6-8-16(19)9-7-15/h3,5-10,14,18H,4,11-13H2,1-2H3. The number of aromatic nitrogens is 1. The number of hydrogen-bond acceptors (Lipinski definition) is 1. The first-order valence-electron chi connectivity index (χ1n) is 7.79. The monoisotopic (exact) mass is 286 g/mol. The largest absolute Gasteiger partial charge is 0.350 e. The predicted octanol–water partition coefficient (Wildman–Crippen LogP) is 4.08. The molecule has 21 heavy (non-hydrogen) atoms. The Hall–Kier alpha value is -1.61. The average molecular weight is 286 g/mol. The average Bonchev–Trinajstić information content (AvgIpc) is 2.82. The first kappa shape index (κ1) is 14.3. The highest BCUT2D eigenvalue weighted by molar-refractivity contribution is 5.30. The molecule has 3 rings (SSSR count). The van der Waals surface area contributed by atoms with Gasteiger partial charge in [-0.15, -0.1) is 0 Å². The Balaban J connectivity index is 2.02. The van der Waals surface area contributed by atoms with Crippen molar-refractivity contribution in [2.45, 2.75) is 32.9 Å². The molecule has 2 aromatic rings. The maximum Gasteiger partial charge on any atom is 0.123 e. The minimum absolute atomic E-state index is 0.168. The molecule has 0 aliphatic carbocycles. The lowest BCUT2D eigenvalue weighted by Gasteiger charge is -2.32. The third kappa shape index (κ3) is 3.03. The van der Waals surface area contributed by atoms with Crippen molar-refractivity contribution in [1.29, 1.82) is 0 Å². The highest BCUT2D eigenvalue weighted by Gasteiger charge is 2.27. The number of rotatable bonds is 3. The lowest BCUT2D eigenvalue weighted by molar-refractivity contribution is 0.204. The number of halogens is 1. The van der Waals surface area contributed by atoms with Crippen LogP contribution in [0.4, 0.5) is 4.39 Å². The van der Waals surface area contributed by atoms with Gasteiger partial charge in [0, 0.05) is 31.5 Å². The zero-order chi connectivity index (χ0) is 14.8. The normalized spacial score (nSPS) is 19.5. The smallest absolute Gasteiger partial charge is 0.123 e. The van der Waals surface area contributed by atoms with E-state index in [1.807, 2.05) is 12.1 Å². The molecule has 0 N–H and O–H groups in total. The van der Waals surface area contributed by atoms with E-state index in [2.05, 4.69) is 41.6 Å². The second kappa shape index (κ2) is 6.02. The Morgan fingerprint density at radius 1 is 1.14 bits per heavy atom. The molecular weight excluding hydrogens is 263 g/mol. The van der Waals surface area contributed by atoms with E-state index in [0.29, 0.717) is 5.92 Å². The van der Waals surface area contributed by atoms with E-state index < -0.39 is 0 Å². The van der Waals surface area contributed by atoms with Crippen LogP contribution in [0.25, 0.3) is 0 Å². The summed E-state index contributed by atoms with van der Waals surface area (Å²) in [6.45, 7) is 7.72. The molecule has 1 unspecified atom stereocenters. The molecule has 0 amide bonds. The third-order valence-electron chi connectivity index (χ3n) is 4.14. The van der Waals surface area contributed by atoms with Crippen molar-refractivity contribution in [1.82, 2.24) is 9.47 Å². The topological polar surface area (TPSA) is 8.17 Å². The van der Waals surface area contributed by atoms with Crippen LogP contribution < -0.4 is 0 Å². The Morgan fingerprint density at radius 2 is 1.90 bits per heavy atom. The van der Waals surface area contributed by atoms with E-state index in [1.165, 1.54) is 11.3 Å². The summed E-state index contributed by atoms with van der Waals surface area (Å²) >= 11 is 0. The molecule has 0 saturated carbocycles. The van der Waals surface area contributed by atoms with Gasteiger partial charge in [0.05, 0.1) is 6.04 Å². The van der Waals surface area contributed by atoms with Crippen LogP contribution in [-0.4, -0.2) is 22.6 Å². The van der Waals surface area contributed by atoms with Crippen LogP contribution in [-0.2, 0) is 6.54 Å². The third-order valence-corrected chi connectivity index (χ3v) is 4.14. The maximum absolute atomic E-state index is 13.3. The van der Waals surface area contributed by atoms with Gasteiger partial charge >= 0.3 is 0 Å². The van der Waals surface area contributed by atoms with Crippen molar-refractivity contribution in [3.05, 3.63) is 59.7 Å². The van der Waals surface area contributed by atoms with E-state index in [0.717, 1.165) is 26.1 Å². The van der Waals surface area contributed by atoms with Gasteiger partial charge in [-0.05, 0) is 42.2 Å². The fourth-order valence-corrected chi connectivity index (χ4v) is 3.33. The van der Waals surface area contributed by atoms with E-state index in [1.54, 1.807) is 12.1 Å². The van der Waals surface area contributed by atoms with Crippen LogP contribution in [0, 0.1) is 11.7 Å². The van der Waals surface area contributed by atoms with E-state index in [-0.39, 0.29) is 11.9 Å². The maximum atomic E-state index is 13.3. The summed E-state index contributed by atoms with van der Waals surface area (Å²) in [6, 6.07) is 11.5. The number of hydrogen-bond donors (Lipinski definition) is 0. The molecular formula is C18H23FN2. The fraction of sp³-hybridized carbons (Fsp3) is 0.444. The molecule has 0 saturated heterocycles. The molecule has 1 aliphatic heterocycles. The van der Waals surface area contributed by atoms with Gasteiger partial charge in [-0.25, -0.2) is 4.39 Å². The van der Waals surface area contributed by atoms with E-state index in [4.69, 9.17) is 0 Å². The zero-order valence-corrected chi connectivity index (χ0v) is 12.8. The number of nitrogens with zero attached hydrogens (tertiary/aromatic N) is 2. The van der Waals surface area contributed by atoms with Gasteiger partial charge in [0.25, 0.3) is 0 Å². The zero-order valence-electron chi connectivity index (χ0n) is 12.8. The van der Waals surface area contributed by atoms with Crippen LogP contribution in [0.1, 0.15) is 37.6 Å². The minimum Gasteiger partial charge on any atom is -0.350 e. The molecule has 1 aliphatic rings. The van der Waals surface area contributed by atoms with Gasteiger partial charge in [0.2, 0.25) is 0 Å². The summed E-state index contributed by atoms with van der Waals surface area (Å²) in [5.74, 6) is 0.452. The molecule has 0 bridgehead atoms. The summed E-state index contributed by atoms with van der Waals surface area (Å²) in [4.78, 5) is 2.54. The predicted molar refractivity (Wildman–Crippen MR) is 83.7 cm³/mol. The number of benzene rings is 1. The van der Waals surface area contributed by atoms with Gasteiger partial charge in [-0.2, -0.15) is 0 Å². The van der Waals surface area contributed by atoms with Crippen molar-refractivity contribution >= 4 is 0 Å². The summed E-state index contributed by atoms with van der Waals surface area (Å²) in [5.41, 5.74) is 2.50. The minimum atomic E-state index is -0.168. The van der Waals surface area contributed by atoms with Crippen molar-refractivity contribution in [3.8, 4) is 0 Å². The highest BCUT2D eigenvalue weighted by atomic mass is 19.1. The lowest BCUT2D eigenvalue weighted by atomic mass is 10.0. The Bertz CT molecular complexity index is 586. The van der Waals surface area contributed by atoms with Crippen molar-refractivity contribution in [2.75, 3.05) is 13.1 Å². The molecule has 1 aromatic heterocycles. The quantitative estimate of drug-likeness (QED) is 0.825. The molecule has 3 heteroatoms. The number of fused-ring (bicyclic) bond motifs is 1. The van der Waals surface area contributed by atoms with Gasteiger partial charge in [0.1, 0.15) is 5.82 Å². The summed E-state index contributed by atoms with van der Waals surface area (Å²) in [7, 11) is 0. The molecule has 1 atom stereocenters. The van der Waals surface area contributed by atoms with Crippen molar-refractivity contribution < 1.29 is 4.39 Å². The van der Waals surface area contributed by atoms with Crippen molar-refractivity contribution in [2.24, 2.45) is 5.92 Å². The lowest BCUT2D eigenvalue weighted by Crippen LogP contribution is -2.33. The van der Waals surface area contributed by atoms with E-state index in [9.17, 15) is 4.39 Å². The van der Waals surface area contributed by atoms with E-state index >= 15 is 0 Å². The van der Waals surface area contributed by atoms with Crippen LogP contribution in [0.3, 0.4) is 0 Å². The van der Waals surface area contributed by atoms with Gasteiger partial charge in [-0.1, -0.05) is 26.0 Å². The Kier molecular flexibility index (Phi) is 4.11. The van der Waals surface area contributed by atoms with Gasteiger partial charge in [-0.3, -0.25) is 4.90 Å². The van der Waals surface area contributed by atoms with Gasteiger partial charge < -0.3 is 4.57 Å².